The number of nitrogens with one attached hydrogen (secondary N) is 2. The van der Waals surface area contributed by atoms with Gasteiger partial charge >= 0.3 is 0 Å². The molecule has 0 saturated carbocycles. The van der Waals surface area contributed by atoms with Crippen molar-refractivity contribution in [1.82, 2.24) is 15.3 Å². The van der Waals surface area contributed by atoms with Crippen molar-refractivity contribution in [2.45, 2.75) is 6.54 Å². The summed E-state index contributed by atoms with van der Waals surface area (Å²) in [5.41, 5.74) is 1.15. The Bertz CT molecular complexity index is 481. The molecule has 0 unspecified atom stereocenters. The number of carbonyl (C=O) groups is 1. The van der Waals surface area contributed by atoms with E-state index in [4.69, 9.17) is 0 Å². The summed E-state index contributed by atoms with van der Waals surface area (Å²) in [5.74, 6) is -0.783. The summed E-state index contributed by atoms with van der Waals surface area (Å²) in [7, 11) is 0. The van der Waals surface area contributed by atoms with Gasteiger partial charge in [0, 0.05) is 31.2 Å². The minimum atomic E-state index is -0.450. The molecule has 0 spiro atoms. The predicted octanol–water partition coefficient (Wildman–Crippen LogP) is 1.48. The zero-order valence-corrected chi connectivity index (χ0v) is 8.40. The van der Waals surface area contributed by atoms with Gasteiger partial charge in [0.15, 0.2) is 0 Å². The highest BCUT2D eigenvalue weighted by atomic mass is 19.1. The van der Waals surface area contributed by atoms with Crippen LogP contribution in [0.25, 0.3) is 0 Å². The monoisotopic (exact) mass is 219 g/mol. The number of hydrogen-bond acceptors (Lipinski definition) is 2. The van der Waals surface area contributed by atoms with Crippen LogP contribution >= 0.6 is 0 Å². The Balaban J connectivity index is 1.94. The van der Waals surface area contributed by atoms with Crippen LogP contribution in [0, 0.1) is 5.82 Å². The lowest BCUT2D eigenvalue weighted by molar-refractivity contribution is 0.0946. The summed E-state index contributed by atoms with van der Waals surface area (Å²) < 4.78 is 12.6. The lowest BCUT2D eigenvalue weighted by Crippen LogP contribution is -2.23. The van der Waals surface area contributed by atoms with E-state index in [1.54, 1.807) is 24.5 Å². The van der Waals surface area contributed by atoms with Crippen molar-refractivity contribution in [2.24, 2.45) is 0 Å². The van der Waals surface area contributed by atoms with Crippen LogP contribution in [0.1, 0.15) is 16.1 Å². The SMILES string of the molecule is O=C(NCc1ccncc1)c1cc(F)c[nH]1. The third-order valence-corrected chi connectivity index (χ3v) is 2.09. The minimum absolute atomic E-state index is 0.214. The fraction of sp³-hybridized carbons (Fsp3) is 0.0909. The van der Waals surface area contributed by atoms with Gasteiger partial charge in [-0.15, -0.1) is 0 Å². The van der Waals surface area contributed by atoms with E-state index in [0.717, 1.165) is 17.8 Å². The standard InChI is InChI=1S/C11H10FN3O/c12-9-5-10(14-7-9)11(16)15-6-8-1-3-13-4-2-8/h1-5,7,14H,6H2,(H,15,16). The largest absolute Gasteiger partial charge is 0.355 e. The Kier molecular flexibility index (Phi) is 2.95. The van der Waals surface area contributed by atoms with Gasteiger partial charge in [-0.1, -0.05) is 0 Å². The van der Waals surface area contributed by atoms with Crippen LogP contribution < -0.4 is 5.32 Å². The lowest BCUT2D eigenvalue weighted by atomic mass is 10.2. The second-order valence-electron chi connectivity index (χ2n) is 3.27. The molecule has 2 heterocycles. The van der Waals surface area contributed by atoms with Gasteiger partial charge in [-0.25, -0.2) is 4.39 Å². The smallest absolute Gasteiger partial charge is 0.268 e. The molecule has 0 radical (unpaired) electrons. The van der Waals surface area contributed by atoms with Crippen molar-refractivity contribution in [2.75, 3.05) is 0 Å². The van der Waals surface area contributed by atoms with E-state index in [1.807, 2.05) is 0 Å². The van der Waals surface area contributed by atoms with Gasteiger partial charge in [0.2, 0.25) is 0 Å². The molecule has 1 amide bonds. The molecule has 5 heteroatoms. The summed E-state index contributed by atoms with van der Waals surface area (Å²) in [6, 6.07) is 4.76. The molecule has 0 aliphatic rings. The number of nitrogens with zero attached hydrogens (tertiary/aromatic N) is 1. The van der Waals surface area contributed by atoms with Crippen LogP contribution in [0.15, 0.2) is 36.8 Å². The van der Waals surface area contributed by atoms with Crippen molar-refractivity contribution < 1.29 is 9.18 Å². The fourth-order valence-corrected chi connectivity index (χ4v) is 1.28. The Labute approximate surface area is 91.5 Å². The number of carbonyl (C=O) groups excluding carboxylic acids is 1. The zero-order chi connectivity index (χ0) is 11.4. The van der Waals surface area contributed by atoms with Crippen molar-refractivity contribution in [3.8, 4) is 0 Å². The highest BCUT2D eigenvalue weighted by Gasteiger charge is 2.07. The van der Waals surface area contributed by atoms with Gasteiger partial charge in [-0.05, 0) is 17.7 Å². The summed E-state index contributed by atoms with van der Waals surface area (Å²) in [5, 5.41) is 2.66. The second-order valence-corrected chi connectivity index (χ2v) is 3.27. The molecule has 0 aliphatic heterocycles. The average Bonchev–Trinajstić information content (AvgIpc) is 2.74. The third-order valence-electron chi connectivity index (χ3n) is 2.09. The molecule has 0 saturated heterocycles. The quantitative estimate of drug-likeness (QED) is 0.821. The number of H-pyrrole nitrogens is 1. The van der Waals surface area contributed by atoms with E-state index < -0.39 is 5.82 Å². The number of amides is 1. The Hall–Kier alpha value is -2.17. The number of halogens is 1. The summed E-state index contributed by atoms with van der Waals surface area (Å²) >= 11 is 0. The van der Waals surface area contributed by atoms with Crippen LogP contribution in [-0.4, -0.2) is 15.9 Å². The van der Waals surface area contributed by atoms with Gasteiger partial charge in [0.1, 0.15) is 11.5 Å². The Morgan fingerprint density at radius 3 is 2.81 bits per heavy atom. The molecule has 0 aromatic carbocycles. The maximum absolute atomic E-state index is 12.6. The Morgan fingerprint density at radius 2 is 2.19 bits per heavy atom. The molecule has 2 rings (SSSR count). The van der Waals surface area contributed by atoms with E-state index in [-0.39, 0.29) is 11.6 Å². The molecule has 2 aromatic heterocycles. The van der Waals surface area contributed by atoms with E-state index >= 15 is 0 Å². The fourth-order valence-electron chi connectivity index (χ4n) is 1.28. The maximum Gasteiger partial charge on any atom is 0.268 e. The molecule has 16 heavy (non-hydrogen) atoms. The first-order valence-corrected chi connectivity index (χ1v) is 4.77. The van der Waals surface area contributed by atoms with E-state index in [1.165, 1.54) is 0 Å². The van der Waals surface area contributed by atoms with Crippen molar-refractivity contribution in [3.05, 3.63) is 53.9 Å². The lowest BCUT2D eigenvalue weighted by Gasteiger charge is -2.02. The van der Waals surface area contributed by atoms with E-state index in [0.29, 0.717) is 6.54 Å². The third kappa shape index (κ3) is 2.44. The Morgan fingerprint density at radius 1 is 1.44 bits per heavy atom. The molecule has 2 aromatic rings. The molecular formula is C11H10FN3O. The van der Waals surface area contributed by atoms with Gasteiger partial charge in [0.25, 0.3) is 5.91 Å². The van der Waals surface area contributed by atoms with Crippen LogP contribution in [0.3, 0.4) is 0 Å². The molecule has 0 aliphatic carbocycles. The molecule has 4 nitrogen and oxygen atoms in total. The zero-order valence-electron chi connectivity index (χ0n) is 8.40. The molecule has 82 valence electrons. The first kappa shape index (κ1) is 10.4. The molecule has 0 fully saturated rings. The summed E-state index contributed by atoms with van der Waals surface area (Å²) in [6.07, 6.45) is 4.44. The van der Waals surface area contributed by atoms with Crippen LogP contribution in [0.5, 0.6) is 0 Å². The number of rotatable bonds is 3. The number of hydrogen-bond donors (Lipinski definition) is 2. The maximum atomic E-state index is 12.6. The summed E-state index contributed by atoms with van der Waals surface area (Å²) in [6.45, 7) is 0.391. The topological polar surface area (TPSA) is 57.8 Å². The molecule has 2 N–H and O–H groups in total. The van der Waals surface area contributed by atoms with Gasteiger partial charge in [-0.3, -0.25) is 9.78 Å². The van der Waals surface area contributed by atoms with Gasteiger partial charge in [0.05, 0.1) is 0 Å². The van der Waals surface area contributed by atoms with Gasteiger partial charge < -0.3 is 10.3 Å². The minimum Gasteiger partial charge on any atom is -0.355 e. The van der Waals surface area contributed by atoms with Crippen LogP contribution in [0.4, 0.5) is 4.39 Å². The van der Waals surface area contributed by atoms with Gasteiger partial charge in [-0.2, -0.15) is 0 Å². The average molecular weight is 219 g/mol. The molecule has 0 bridgehead atoms. The predicted molar refractivity (Wildman–Crippen MR) is 56.2 cm³/mol. The van der Waals surface area contributed by atoms with Crippen molar-refractivity contribution >= 4 is 5.91 Å². The highest BCUT2D eigenvalue weighted by Crippen LogP contribution is 2.01. The normalized spacial score (nSPS) is 10.1. The molecule has 0 atom stereocenters. The van der Waals surface area contributed by atoms with Crippen molar-refractivity contribution in [3.63, 3.8) is 0 Å². The second kappa shape index (κ2) is 4.57. The number of aromatic amines is 1. The number of pyridine rings is 1. The van der Waals surface area contributed by atoms with Crippen molar-refractivity contribution in [1.29, 1.82) is 0 Å². The van der Waals surface area contributed by atoms with Crippen LogP contribution in [0.2, 0.25) is 0 Å². The first-order chi connectivity index (χ1) is 7.75. The van der Waals surface area contributed by atoms with E-state index in [9.17, 15) is 9.18 Å². The highest BCUT2D eigenvalue weighted by molar-refractivity contribution is 5.92. The number of aromatic nitrogens is 2. The van der Waals surface area contributed by atoms with E-state index in [2.05, 4.69) is 15.3 Å². The first-order valence-electron chi connectivity index (χ1n) is 4.77. The molecular weight excluding hydrogens is 209 g/mol. The summed E-state index contributed by atoms with van der Waals surface area (Å²) in [4.78, 5) is 17.9. The van der Waals surface area contributed by atoms with Crippen LogP contribution in [-0.2, 0) is 6.54 Å².